The average Bonchev–Trinajstić information content (AvgIpc) is 3.10. The number of ether oxygens (including phenoxy) is 2. The summed E-state index contributed by atoms with van der Waals surface area (Å²) in [5.74, 6) is -0.159. The van der Waals surface area contributed by atoms with E-state index in [-0.39, 0.29) is 18.1 Å². The van der Waals surface area contributed by atoms with E-state index in [1.54, 1.807) is 36.4 Å². The molecule has 39 heavy (non-hydrogen) atoms. The van der Waals surface area contributed by atoms with Crippen LogP contribution in [0.4, 0.5) is 10.5 Å². The van der Waals surface area contributed by atoms with Crippen molar-refractivity contribution in [3.8, 4) is 11.5 Å². The first-order valence-corrected chi connectivity index (χ1v) is 14.0. The van der Waals surface area contributed by atoms with Crippen LogP contribution < -0.4 is 14.8 Å². The van der Waals surface area contributed by atoms with Gasteiger partial charge in [0.2, 0.25) is 5.91 Å². The standard InChI is InChI=1S/C28H23BrCl2N2O5S/c1-15-6-16(2)8-20(7-15)32-25(34)13-33-27(35)24(39-28(33)36)11-17-9-21(29)26(23(10-17)37-3)38-14-18-4-5-19(30)12-22(18)31/h4-12H,13-14H2,1-3H3,(H,32,34)/b24-11+. The van der Waals surface area contributed by atoms with Gasteiger partial charge in [-0.05, 0) is 101 Å². The summed E-state index contributed by atoms with van der Waals surface area (Å²) < 4.78 is 12.0. The Morgan fingerprint density at radius 1 is 1.08 bits per heavy atom. The van der Waals surface area contributed by atoms with E-state index >= 15 is 0 Å². The fourth-order valence-electron chi connectivity index (χ4n) is 3.93. The topological polar surface area (TPSA) is 84.9 Å². The molecule has 1 aliphatic rings. The smallest absolute Gasteiger partial charge is 0.294 e. The number of imide groups is 1. The second-order valence-electron chi connectivity index (χ2n) is 8.75. The van der Waals surface area contributed by atoms with Crippen LogP contribution in [-0.2, 0) is 16.2 Å². The highest BCUT2D eigenvalue weighted by molar-refractivity contribution is 9.10. The van der Waals surface area contributed by atoms with Crippen molar-refractivity contribution in [2.24, 2.45) is 0 Å². The molecule has 3 amide bonds. The van der Waals surface area contributed by atoms with Crippen molar-refractivity contribution in [3.63, 3.8) is 0 Å². The van der Waals surface area contributed by atoms with Crippen molar-refractivity contribution in [2.75, 3.05) is 19.0 Å². The zero-order chi connectivity index (χ0) is 28.3. The highest BCUT2D eigenvalue weighted by atomic mass is 79.9. The summed E-state index contributed by atoms with van der Waals surface area (Å²) in [6.45, 7) is 3.63. The van der Waals surface area contributed by atoms with Gasteiger partial charge in [-0.15, -0.1) is 0 Å². The Morgan fingerprint density at radius 3 is 2.46 bits per heavy atom. The number of hydrogen-bond acceptors (Lipinski definition) is 6. The van der Waals surface area contributed by atoms with Crippen molar-refractivity contribution in [1.82, 2.24) is 4.90 Å². The van der Waals surface area contributed by atoms with Gasteiger partial charge < -0.3 is 14.8 Å². The van der Waals surface area contributed by atoms with Crippen LogP contribution in [0.15, 0.2) is 57.9 Å². The molecule has 0 spiro atoms. The summed E-state index contributed by atoms with van der Waals surface area (Å²) in [5, 5.41) is 3.23. The Morgan fingerprint density at radius 2 is 1.79 bits per heavy atom. The van der Waals surface area contributed by atoms with Crippen molar-refractivity contribution in [1.29, 1.82) is 0 Å². The van der Waals surface area contributed by atoms with Gasteiger partial charge in [0, 0.05) is 21.3 Å². The number of thioether (sulfide) groups is 1. The Labute approximate surface area is 248 Å². The Bertz CT molecular complexity index is 1490. The van der Waals surface area contributed by atoms with E-state index < -0.39 is 17.1 Å². The number of nitrogens with one attached hydrogen (secondary N) is 1. The summed E-state index contributed by atoms with van der Waals surface area (Å²) in [4.78, 5) is 39.2. The molecule has 1 heterocycles. The third kappa shape index (κ3) is 7.16. The Hall–Kier alpha value is -2.98. The molecule has 1 saturated heterocycles. The van der Waals surface area contributed by atoms with Crippen LogP contribution in [0.2, 0.25) is 10.0 Å². The maximum Gasteiger partial charge on any atom is 0.294 e. The zero-order valence-corrected chi connectivity index (χ0v) is 25.1. The van der Waals surface area contributed by atoms with Crippen LogP contribution in [0.25, 0.3) is 6.08 Å². The molecule has 0 atom stereocenters. The molecular weight excluding hydrogens is 627 g/mol. The molecule has 7 nitrogen and oxygen atoms in total. The van der Waals surface area contributed by atoms with E-state index in [0.29, 0.717) is 37.3 Å². The minimum absolute atomic E-state index is 0.174. The largest absolute Gasteiger partial charge is 0.493 e. The van der Waals surface area contributed by atoms with E-state index in [9.17, 15) is 14.4 Å². The highest BCUT2D eigenvalue weighted by Gasteiger charge is 2.36. The number of carbonyl (C=O) groups is 3. The number of rotatable bonds is 8. The molecule has 0 saturated carbocycles. The maximum atomic E-state index is 13.0. The SMILES string of the molecule is COc1cc(/C=C2/SC(=O)N(CC(=O)Nc3cc(C)cc(C)c3)C2=O)cc(Br)c1OCc1ccc(Cl)cc1Cl. The van der Waals surface area contributed by atoms with E-state index in [1.807, 2.05) is 32.0 Å². The van der Waals surface area contributed by atoms with Gasteiger partial charge in [0.1, 0.15) is 13.2 Å². The van der Waals surface area contributed by atoms with Gasteiger partial charge in [0.25, 0.3) is 11.1 Å². The Kier molecular flexibility index (Phi) is 9.27. The maximum absolute atomic E-state index is 13.0. The second kappa shape index (κ2) is 12.5. The fraction of sp³-hybridized carbons (Fsp3) is 0.179. The molecule has 0 aliphatic carbocycles. The van der Waals surface area contributed by atoms with Gasteiger partial charge in [-0.25, -0.2) is 0 Å². The van der Waals surface area contributed by atoms with E-state index in [2.05, 4.69) is 21.2 Å². The lowest BCUT2D eigenvalue weighted by molar-refractivity contribution is -0.127. The number of nitrogens with zero attached hydrogens (tertiary/aromatic N) is 1. The van der Waals surface area contributed by atoms with Crippen LogP contribution >= 0.6 is 50.9 Å². The van der Waals surface area contributed by atoms with Crippen molar-refractivity contribution in [3.05, 3.63) is 90.2 Å². The molecule has 3 aromatic rings. The monoisotopic (exact) mass is 648 g/mol. The van der Waals surface area contributed by atoms with Crippen LogP contribution in [0.1, 0.15) is 22.3 Å². The van der Waals surface area contributed by atoms with Crippen LogP contribution in [0.5, 0.6) is 11.5 Å². The summed E-state index contributed by atoms with van der Waals surface area (Å²) >= 11 is 16.5. The number of amides is 3. The van der Waals surface area contributed by atoms with Crippen molar-refractivity contribution >= 4 is 79.7 Å². The molecule has 0 unspecified atom stereocenters. The number of hydrogen-bond donors (Lipinski definition) is 1. The van der Waals surface area contributed by atoms with Gasteiger partial charge in [-0.2, -0.15) is 0 Å². The quantitative estimate of drug-likeness (QED) is 0.253. The fourth-order valence-corrected chi connectivity index (χ4v) is 5.81. The first-order valence-electron chi connectivity index (χ1n) is 11.6. The molecule has 0 radical (unpaired) electrons. The lowest BCUT2D eigenvalue weighted by Crippen LogP contribution is -2.36. The molecule has 0 aromatic heterocycles. The molecule has 1 aliphatic heterocycles. The molecule has 0 bridgehead atoms. The number of carbonyl (C=O) groups excluding carboxylic acids is 3. The predicted octanol–water partition coefficient (Wildman–Crippen LogP) is 7.64. The summed E-state index contributed by atoms with van der Waals surface area (Å²) in [6.07, 6.45) is 1.57. The molecule has 202 valence electrons. The number of aryl methyl sites for hydroxylation is 2. The molecule has 1 fully saturated rings. The third-order valence-corrected chi connectivity index (χ3v) is 7.70. The molecular formula is C28H23BrCl2N2O5S. The van der Waals surface area contributed by atoms with Crippen molar-refractivity contribution < 1.29 is 23.9 Å². The van der Waals surface area contributed by atoms with E-state index in [0.717, 1.165) is 33.4 Å². The summed E-state index contributed by atoms with van der Waals surface area (Å²) in [6, 6.07) is 14.2. The van der Waals surface area contributed by atoms with Gasteiger partial charge in [0.05, 0.1) is 16.5 Å². The average molecular weight is 650 g/mol. The molecule has 11 heteroatoms. The zero-order valence-electron chi connectivity index (χ0n) is 21.1. The number of benzene rings is 3. The lowest BCUT2D eigenvalue weighted by atomic mass is 10.1. The molecule has 4 rings (SSSR count). The van der Waals surface area contributed by atoms with Gasteiger partial charge in [-0.3, -0.25) is 19.3 Å². The number of anilines is 1. The highest BCUT2D eigenvalue weighted by Crippen LogP contribution is 2.40. The Balaban J connectivity index is 1.47. The van der Waals surface area contributed by atoms with E-state index in [1.165, 1.54) is 7.11 Å². The molecule has 1 N–H and O–H groups in total. The predicted molar refractivity (Wildman–Crippen MR) is 159 cm³/mol. The second-order valence-corrected chi connectivity index (χ2v) is 11.4. The summed E-state index contributed by atoms with van der Waals surface area (Å²) in [5.41, 5.74) is 3.94. The van der Waals surface area contributed by atoms with Crippen molar-refractivity contribution in [2.45, 2.75) is 20.5 Å². The lowest BCUT2D eigenvalue weighted by Gasteiger charge is -2.14. The van der Waals surface area contributed by atoms with Crippen LogP contribution in [0, 0.1) is 13.8 Å². The summed E-state index contributed by atoms with van der Waals surface area (Å²) in [7, 11) is 1.50. The first kappa shape index (κ1) is 29.0. The minimum Gasteiger partial charge on any atom is -0.493 e. The molecule has 3 aromatic carbocycles. The van der Waals surface area contributed by atoms with Gasteiger partial charge in [-0.1, -0.05) is 35.3 Å². The van der Waals surface area contributed by atoms with Crippen LogP contribution in [0.3, 0.4) is 0 Å². The normalized spacial score (nSPS) is 14.2. The number of halogens is 3. The van der Waals surface area contributed by atoms with Gasteiger partial charge >= 0.3 is 0 Å². The third-order valence-electron chi connectivity index (χ3n) is 5.62. The minimum atomic E-state index is -0.548. The van der Waals surface area contributed by atoms with Gasteiger partial charge in [0.15, 0.2) is 11.5 Å². The van der Waals surface area contributed by atoms with Crippen LogP contribution in [-0.4, -0.2) is 35.6 Å². The first-order chi connectivity index (χ1) is 18.5. The number of methoxy groups -OCH3 is 1. The van der Waals surface area contributed by atoms with E-state index in [4.69, 9.17) is 32.7 Å².